The van der Waals surface area contributed by atoms with Gasteiger partial charge in [0.15, 0.2) is 0 Å². The lowest BCUT2D eigenvalue weighted by molar-refractivity contribution is -0.146. The van der Waals surface area contributed by atoms with Crippen molar-refractivity contribution in [2.24, 2.45) is 11.8 Å². The molecule has 3 aliphatic rings. The Hall–Kier alpha value is -1.44. The van der Waals surface area contributed by atoms with E-state index in [4.69, 9.17) is 9.47 Å². The summed E-state index contributed by atoms with van der Waals surface area (Å²) in [6.07, 6.45) is 2.65. The average molecular weight is 296 g/mol. The summed E-state index contributed by atoms with van der Waals surface area (Å²) < 4.78 is 10.8. The molecule has 3 heterocycles. The molecule has 0 aromatic heterocycles. The number of carboxylic acid groups (broad SMARTS) is 1. The van der Waals surface area contributed by atoms with Crippen molar-refractivity contribution in [3.8, 4) is 0 Å². The van der Waals surface area contributed by atoms with E-state index in [1.807, 2.05) is 0 Å². The first-order chi connectivity index (χ1) is 10.2. The van der Waals surface area contributed by atoms with E-state index in [1.54, 1.807) is 12.2 Å². The molecule has 116 valence electrons. The number of rotatable bonds is 5. The van der Waals surface area contributed by atoms with Crippen LogP contribution in [0.15, 0.2) is 12.2 Å². The van der Waals surface area contributed by atoms with Crippen molar-refractivity contribution >= 4 is 11.9 Å². The topological polar surface area (TPSA) is 88.1 Å². The maximum absolute atomic E-state index is 12.3. The van der Waals surface area contributed by atoms with Gasteiger partial charge in [-0.1, -0.05) is 12.2 Å². The number of fused-ring (bicyclic) bond motifs is 2. The first-order valence-electron chi connectivity index (χ1n) is 7.31. The highest BCUT2D eigenvalue weighted by atomic mass is 16.5. The number of aliphatic carboxylic acids is 1. The van der Waals surface area contributed by atoms with Crippen LogP contribution in [-0.2, 0) is 19.1 Å². The van der Waals surface area contributed by atoms with Gasteiger partial charge in [0.1, 0.15) is 5.92 Å². The van der Waals surface area contributed by atoms with Gasteiger partial charge in [-0.25, -0.2) is 0 Å². The molecule has 0 aliphatic carbocycles. The molecule has 7 nitrogen and oxygen atoms in total. The zero-order valence-electron chi connectivity index (χ0n) is 11.7. The van der Waals surface area contributed by atoms with Crippen LogP contribution in [0.25, 0.3) is 0 Å². The fraction of sp³-hybridized carbons (Fsp3) is 0.714. The number of carbonyl (C=O) groups is 2. The van der Waals surface area contributed by atoms with Crippen LogP contribution in [-0.4, -0.2) is 73.5 Å². The summed E-state index contributed by atoms with van der Waals surface area (Å²) in [5.74, 6) is -2.60. The smallest absolute Gasteiger partial charge is 0.310 e. The Labute approximate surface area is 122 Å². The van der Waals surface area contributed by atoms with Crippen LogP contribution in [0.5, 0.6) is 0 Å². The number of hydrogen-bond acceptors (Lipinski definition) is 5. The molecule has 0 aromatic rings. The van der Waals surface area contributed by atoms with E-state index < -0.39 is 30.0 Å². The Balaban J connectivity index is 1.50. The largest absolute Gasteiger partial charge is 0.481 e. The summed E-state index contributed by atoms with van der Waals surface area (Å²) in [5, 5.41) is 12.1. The molecule has 0 spiro atoms. The molecule has 1 amide bonds. The van der Waals surface area contributed by atoms with Crippen molar-refractivity contribution in [3.63, 3.8) is 0 Å². The lowest BCUT2D eigenvalue weighted by atomic mass is 9.82. The van der Waals surface area contributed by atoms with Gasteiger partial charge in [0, 0.05) is 26.2 Å². The third-order valence-corrected chi connectivity index (χ3v) is 4.32. The molecular formula is C14H20N2O5. The minimum Gasteiger partial charge on any atom is -0.481 e. The minimum atomic E-state index is -0.972. The number of nitrogens with one attached hydrogen (secondary N) is 1. The Morgan fingerprint density at radius 1 is 1.19 bits per heavy atom. The van der Waals surface area contributed by atoms with E-state index in [0.717, 1.165) is 32.8 Å². The van der Waals surface area contributed by atoms with Crippen molar-refractivity contribution in [1.29, 1.82) is 0 Å². The van der Waals surface area contributed by atoms with Gasteiger partial charge in [-0.05, 0) is 0 Å². The average Bonchev–Trinajstić information content (AvgIpc) is 3.08. The van der Waals surface area contributed by atoms with E-state index in [9.17, 15) is 14.7 Å². The maximum Gasteiger partial charge on any atom is 0.310 e. The number of amides is 1. The standard InChI is InChI=1S/C14H20N2O5/c17-13(15-3-4-16-5-7-20-8-6-16)11-9-1-2-10(21-9)12(11)14(18)19/h1-2,9-12H,3-8H2,(H,15,17)(H,18,19)/t9-,10-,11+,12-/m0/s1. The Kier molecular flexibility index (Phi) is 4.23. The number of morpholine rings is 1. The van der Waals surface area contributed by atoms with Crippen molar-refractivity contribution in [2.75, 3.05) is 39.4 Å². The third-order valence-electron chi connectivity index (χ3n) is 4.32. The number of hydrogen-bond donors (Lipinski definition) is 2. The molecule has 7 heteroatoms. The fourth-order valence-corrected chi connectivity index (χ4v) is 3.19. The van der Waals surface area contributed by atoms with Crippen molar-refractivity contribution in [2.45, 2.75) is 12.2 Å². The first-order valence-corrected chi connectivity index (χ1v) is 7.31. The highest BCUT2D eigenvalue weighted by Gasteiger charge is 2.53. The van der Waals surface area contributed by atoms with Crippen molar-refractivity contribution in [3.05, 3.63) is 12.2 Å². The molecule has 2 bridgehead atoms. The van der Waals surface area contributed by atoms with Gasteiger partial charge < -0.3 is 19.9 Å². The van der Waals surface area contributed by atoms with Crippen LogP contribution in [0.3, 0.4) is 0 Å². The van der Waals surface area contributed by atoms with Gasteiger partial charge in [0.05, 0.1) is 31.3 Å². The minimum absolute atomic E-state index is 0.229. The summed E-state index contributed by atoms with van der Waals surface area (Å²) in [6, 6.07) is 0. The Bertz CT molecular complexity index is 447. The molecule has 0 radical (unpaired) electrons. The second kappa shape index (κ2) is 6.13. The monoisotopic (exact) mass is 296 g/mol. The van der Waals surface area contributed by atoms with E-state index in [2.05, 4.69) is 10.2 Å². The molecule has 0 unspecified atom stereocenters. The van der Waals surface area contributed by atoms with Gasteiger partial charge in [-0.3, -0.25) is 14.5 Å². The second-order valence-electron chi connectivity index (χ2n) is 5.59. The van der Waals surface area contributed by atoms with Crippen LogP contribution in [0.4, 0.5) is 0 Å². The molecule has 3 aliphatic heterocycles. The third kappa shape index (κ3) is 2.95. The lowest BCUT2D eigenvalue weighted by Crippen LogP contribution is -2.46. The van der Waals surface area contributed by atoms with E-state index in [1.165, 1.54) is 0 Å². The molecular weight excluding hydrogens is 276 g/mol. The van der Waals surface area contributed by atoms with Gasteiger partial charge >= 0.3 is 5.97 Å². The summed E-state index contributed by atoms with van der Waals surface area (Å²) in [4.78, 5) is 25.8. The van der Waals surface area contributed by atoms with Gasteiger partial charge in [-0.2, -0.15) is 0 Å². The number of nitrogens with zero attached hydrogens (tertiary/aromatic N) is 1. The number of carbonyl (C=O) groups excluding carboxylic acids is 1. The molecule has 4 atom stereocenters. The highest BCUT2D eigenvalue weighted by Crippen LogP contribution is 2.39. The van der Waals surface area contributed by atoms with Crippen LogP contribution in [0, 0.1) is 11.8 Å². The summed E-state index contributed by atoms with van der Waals surface area (Å²) in [6.45, 7) is 4.45. The fourth-order valence-electron chi connectivity index (χ4n) is 3.19. The number of carboxylic acids is 1. The SMILES string of the molecule is O=C(O)[C@@H]1[C@H](C(=O)NCCN2CCOCC2)[C@@H]2C=C[C@@H]1O2. The first kappa shape index (κ1) is 14.5. The Morgan fingerprint density at radius 2 is 1.86 bits per heavy atom. The van der Waals surface area contributed by atoms with Gasteiger partial charge in [-0.15, -0.1) is 0 Å². The normalized spacial score (nSPS) is 35.0. The predicted octanol–water partition coefficient (Wildman–Crippen LogP) is -0.911. The maximum atomic E-state index is 12.3. The van der Waals surface area contributed by atoms with Gasteiger partial charge in [0.2, 0.25) is 5.91 Å². The molecule has 0 aromatic carbocycles. The van der Waals surface area contributed by atoms with E-state index >= 15 is 0 Å². The number of ether oxygens (including phenoxy) is 2. The van der Waals surface area contributed by atoms with Gasteiger partial charge in [0.25, 0.3) is 0 Å². The molecule has 2 N–H and O–H groups in total. The quantitative estimate of drug-likeness (QED) is 0.639. The zero-order chi connectivity index (χ0) is 14.8. The van der Waals surface area contributed by atoms with Crippen LogP contribution >= 0.6 is 0 Å². The Morgan fingerprint density at radius 3 is 2.52 bits per heavy atom. The van der Waals surface area contributed by atoms with E-state index in [0.29, 0.717) is 6.54 Å². The molecule has 2 fully saturated rings. The molecule has 3 rings (SSSR count). The lowest BCUT2D eigenvalue weighted by Gasteiger charge is -2.27. The van der Waals surface area contributed by atoms with Crippen molar-refractivity contribution < 1.29 is 24.2 Å². The van der Waals surface area contributed by atoms with Crippen LogP contribution < -0.4 is 5.32 Å². The zero-order valence-corrected chi connectivity index (χ0v) is 11.7. The van der Waals surface area contributed by atoms with Crippen LogP contribution in [0.2, 0.25) is 0 Å². The van der Waals surface area contributed by atoms with E-state index in [-0.39, 0.29) is 5.91 Å². The molecule has 2 saturated heterocycles. The second-order valence-corrected chi connectivity index (χ2v) is 5.59. The van der Waals surface area contributed by atoms with Crippen LogP contribution in [0.1, 0.15) is 0 Å². The summed E-state index contributed by atoms with van der Waals surface area (Å²) in [5.41, 5.74) is 0. The molecule has 0 saturated carbocycles. The summed E-state index contributed by atoms with van der Waals surface area (Å²) >= 11 is 0. The van der Waals surface area contributed by atoms with Crippen molar-refractivity contribution in [1.82, 2.24) is 10.2 Å². The molecule has 21 heavy (non-hydrogen) atoms. The highest BCUT2D eigenvalue weighted by molar-refractivity contribution is 5.87. The predicted molar refractivity (Wildman–Crippen MR) is 72.7 cm³/mol. The summed E-state index contributed by atoms with van der Waals surface area (Å²) in [7, 11) is 0.